The van der Waals surface area contributed by atoms with Crippen LogP contribution in [0.2, 0.25) is 5.02 Å². The highest BCUT2D eigenvalue weighted by Crippen LogP contribution is 2.36. The van der Waals surface area contributed by atoms with Crippen molar-refractivity contribution in [2.45, 2.75) is 38.1 Å². The monoisotopic (exact) mass is 472 g/mol. The molecule has 33 heavy (non-hydrogen) atoms. The van der Waals surface area contributed by atoms with Gasteiger partial charge in [-0.15, -0.1) is 0 Å². The molecule has 2 heterocycles. The number of fused-ring (bicyclic) bond motifs is 1. The Kier molecular flexibility index (Phi) is 5.75. The molecule has 0 bridgehead atoms. The molecule has 1 amide bonds. The van der Waals surface area contributed by atoms with E-state index in [1.54, 1.807) is 29.8 Å². The zero-order chi connectivity index (χ0) is 24.1. The lowest BCUT2D eigenvalue weighted by atomic mass is 9.81. The molecular formula is C25H26ClFN2O4. The Morgan fingerprint density at radius 3 is 2.58 bits per heavy atom. The highest BCUT2D eigenvalue weighted by Gasteiger charge is 2.41. The lowest BCUT2D eigenvalue weighted by molar-refractivity contribution is -0.142. The molecule has 6 nitrogen and oxygen atoms in total. The number of aromatic nitrogens is 1. The third kappa shape index (κ3) is 3.79. The summed E-state index contributed by atoms with van der Waals surface area (Å²) < 4.78 is 22.6. The molecule has 1 fully saturated rings. The molecule has 1 aliphatic heterocycles. The fourth-order valence-corrected chi connectivity index (χ4v) is 4.56. The van der Waals surface area contributed by atoms with Gasteiger partial charge in [0.15, 0.2) is 0 Å². The van der Waals surface area contributed by atoms with Crippen LogP contribution in [0, 0.1) is 12.7 Å². The molecule has 1 unspecified atom stereocenters. The number of hydrogen-bond donors (Lipinski definition) is 2. The Hall–Kier alpha value is -2.90. The summed E-state index contributed by atoms with van der Waals surface area (Å²) in [5.74, 6) is -2.00. The van der Waals surface area contributed by atoms with Crippen molar-refractivity contribution in [1.29, 1.82) is 0 Å². The van der Waals surface area contributed by atoms with Crippen molar-refractivity contribution >= 4 is 34.4 Å². The number of rotatable bonds is 5. The molecule has 174 valence electrons. The average molecular weight is 473 g/mol. The van der Waals surface area contributed by atoms with Gasteiger partial charge in [-0.05, 0) is 50.1 Å². The van der Waals surface area contributed by atoms with E-state index >= 15 is 4.39 Å². The highest BCUT2D eigenvalue weighted by molar-refractivity contribution is 6.36. The molecule has 4 rings (SSSR count). The van der Waals surface area contributed by atoms with E-state index in [1.165, 1.54) is 19.9 Å². The van der Waals surface area contributed by atoms with E-state index in [9.17, 15) is 14.7 Å². The number of amides is 1. The molecule has 0 saturated carbocycles. The highest BCUT2D eigenvalue weighted by atomic mass is 35.5. The minimum absolute atomic E-state index is 0.112. The predicted octanol–water partition coefficient (Wildman–Crippen LogP) is 4.69. The molecule has 1 atom stereocenters. The van der Waals surface area contributed by atoms with Gasteiger partial charge in [0.25, 0.3) is 5.91 Å². The summed E-state index contributed by atoms with van der Waals surface area (Å²) in [5.41, 5.74) is 0.424. The summed E-state index contributed by atoms with van der Waals surface area (Å²) in [6.45, 7) is 5.42. The summed E-state index contributed by atoms with van der Waals surface area (Å²) in [4.78, 5) is 24.9. The van der Waals surface area contributed by atoms with Gasteiger partial charge in [-0.3, -0.25) is 9.59 Å². The number of benzene rings is 2. The third-order valence-corrected chi connectivity index (χ3v) is 7.20. The Morgan fingerprint density at radius 1 is 1.24 bits per heavy atom. The van der Waals surface area contributed by atoms with Crippen LogP contribution in [0.5, 0.6) is 0 Å². The maximum Gasteiger partial charge on any atom is 0.313 e. The van der Waals surface area contributed by atoms with Crippen LogP contribution >= 0.6 is 11.6 Å². The summed E-state index contributed by atoms with van der Waals surface area (Å²) >= 11 is 6.45. The van der Waals surface area contributed by atoms with E-state index in [1.807, 2.05) is 19.1 Å². The molecule has 0 radical (unpaired) electrons. The van der Waals surface area contributed by atoms with Gasteiger partial charge in [0, 0.05) is 36.5 Å². The largest absolute Gasteiger partial charge is 0.481 e. The fourth-order valence-electron chi connectivity index (χ4n) is 4.34. The number of nitrogens with zero attached hydrogens (tertiary/aromatic N) is 1. The van der Waals surface area contributed by atoms with Crippen LogP contribution in [0.15, 0.2) is 36.4 Å². The SMILES string of the molecule is Cc1ccc2c(cc(C(=O)NC3(c4ccc(C(C)(C)C(=O)O)cc4F)CCOC3)n2C)c1Cl. The second kappa shape index (κ2) is 8.15. The first-order valence-corrected chi connectivity index (χ1v) is 11.0. The lowest BCUT2D eigenvalue weighted by Crippen LogP contribution is -2.47. The molecule has 0 spiro atoms. The van der Waals surface area contributed by atoms with Crippen LogP contribution in [0.25, 0.3) is 10.9 Å². The summed E-state index contributed by atoms with van der Waals surface area (Å²) in [6.07, 6.45) is 0.390. The predicted molar refractivity (Wildman–Crippen MR) is 124 cm³/mol. The van der Waals surface area contributed by atoms with Crippen LogP contribution in [-0.4, -0.2) is 34.8 Å². The second-order valence-electron chi connectivity index (χ2n) is 9.18. The van der Waals surface area contributed by atoms with Crippen LogP contribution in [0.1, 0.15) is 47.4 Å². The van der Waals surface area contributed by atoms with Gasteiger partial charge < -0.3 is 19.7 Å². The number of carboxylic acid groups (broad SMARTS) is 1. The maximum atomic E-state index is 15.3. The van der Waals surface area contributed by atoms with Crippen LogP contribution in [0.3, 0.4) is 0 Å². The first-order valence-electron chi connectivity index (χ1n) is 10.7. The smallest absolute Gasteiger partial charge is 0.313 e. The first kappa shape index (κ1) is 23.3. The minimum atomic E-state index is -1.25. The number of hydrogen-bond acceptors (Lipinski definition) is 3. The number of carboxylic acids is 1. The minimum Gasteiger partial charge on any atom is -0.481 e. The molecule has 1 aliphatic rings. The van der Waals surface area contributed by atoms with Crippen LogP contribution in [-0.2, 0) is 27.5 Å². The molecule has 2 aromatic carbocycles. The Balaban J connectivity index is 1.72. The zero-order valence-corrected chi connectivity index (χ0v) is 19.7. The number of carbonyl (C=O) groups is 2. The van der Waals surface area contributed by atoms with E-state index in [0.717, 1.165) is 16.5 Å². The van der Waals surface area contributed by atoms with Crippen molar-refractivity contribution in [2.24, 2.45) is 7.05 Å². The van der Waals surface area contributed by atoms with E-state index in [-0.39, 0.29) is 18.1 Å². The van der Waals surface area contributed by atoms with Gasteiger partial charge in [0.1, 0.15) is 11.5 Å². The van der Waals surface area contributed by atoms with E-state index in [4.69, 9.17) is 16.3 Å². The lowest BCUT2D eigenvalue weighted by Gasteiger charge is -2.31. The maximum absolute atomic E-state index is 15.3. The molecule has 1 aromatic heterocycles. The van der Waals surface area contributed by atoms with E-state index in [0.29, 0.717) is 29.3 Å². The number of aliphatic carboxylic acids is 1. The van der Waals surface area contributed by atoms with E-state index < -0.39 is 22.7 Å². The summed E-state index contributed by atoms with van der Waals surface area (Å²) in [6, 6.07) is 9.91. The molecule has 2 N–H and O–H groups in total. The van der Waals surface area contributed by atoms with Crippen molar-refractivity contribution in [3.63, 3.8) is 0 Å². The van der Waals surface area contributed by atoms with Crippen molar-refractivity contribution in [2.75, 3.05) is 13.2 Å². The molecular weight excluding hydrogens is 447 g/mol. The average Bonchev–Trinajstić information content (AvgIpc) is 3.36. The second-order valence-corrected chi connectivity index (χ2v) is 9.56. The number of ether oxygens (including phenoxy) is 1. The zero-order valence-electron chi connectivity index (χ0n) is 19.0. The fraction of sp³-hybridized carbons (Fsp3) is 0.360. The molecule has 1 saturated heterocycles. The Bertz CT molecular complexity index is 1280. The van der Waals surface area contributed by atoms with Gasteiger partial charge in [-0.2, -0.15) is 0 Å². The Morgan fingerprint density at radius 2 is 1.97 bits per heavy atom. The number of nitrogens with one attached hydrogen (secondary N) is 1. The number of halogens is 2. The summed E-state index contributed by atoms with van der Waals surface area (Å²) in [7, 11) is 1.78. The topological polar surface area (TPSA) is 80.6 Å². The van der Waals surface area contributed by atoms with Gasteiger partial charge in [-0.1, -0.05) is 29.8 Å². The van der Waals surface area contributed by atoms with Crippen molar-refractivity contribution in [1.82, 2.24) is 9.88 Å². The van der Waals surface area contributed by atoms with Gasteiger partial charge >= 0.3 is 5.97 Å². The van der Waals surface area contributed by atoms with Crippen molar-refractivity contribution < 1.29 is 23.8 Å². The number of carbonyl (C=O) groups excluding carboxylic acids is 1. The molecule has 0 aliphatic carbocycles. The van der Waals surface area contributed by atoms with Crippen molar-refractivity contribution in [3.8, 4) is 0 Å². The van der Waals surface area contributed by atoms with E-state index in [2.05, 4.69) is 5.32 Å². The van der Waals surface area contributed by atoms with Crippen LogP contribution in [0.4, 0.5) is 4.39 Å². The first-order chi connectivity index (χ1) is 15.5. The molecule has 3 aromatic rings. The van der Waals surface area contributed by atoms with Gasteiger partial charge in [0.05, 0.1) is 22.6 Å². The summed E-state index contributed by atoms with van der Waals surface area (Å²) in [5, 5.41) is 13.8. The van der Waals surface area contributed by atoms with Gasteiger partial charge in [-0.25, -0.2) is 4.39 Å². The quantitative estimate of drug-likeness (QED) is 0.564. The normalized spacial score (nSPS) is 18.6. The van der Waals surface area contributed by atoms with Crippen LogP contribution < -0.4 is 5.32 Å². The van der Waals surface area contributed by atoms with Crippen molar-refractivity contribution in [3.05, 3.63) is 69.6 Å². The third-order valence-electron chi connectivity index (χ3n) is 6.70. The standard InChI is InChI=1S/C25H26ClFN2O4/c1-14-5-8-19-16(21(14)26)12-20(29(19)4)22(30)28-25(9-10-33-13-25)17-7-6-15(11-18(17)27)24(2,3)23(31)32/h5-8,11-12H,9-10,13H2,1-4H3,(H,28,30)(H,31,32). The Labute approximate surface area is 196 Å². The van der Waals surface area contributed by atoms with Gasteiger partial charge in [0.2, 0.25) is 0 Å². The number of aryl methyl sites for hydroxylation is 2. The molecule has 8 heteroatoms.